The van der Waals surface area contributed by atoms with Crippen LogP contribution in [0.3, 0.4) is 0 Å². The average molecular weight is 451 g/mol. The van der Waals surface area contributed by atoms with Gasteiger partial charge in [-0.05, 0) is 110 Å². The van der Waals surface area contributed by atoms with Gasteiger partial charge in [-0.15, -0.1) is 0 Å². The van der Waals surface area contributed by atoms with Gasteiger partial charge in [0.15, 0.2) is 0 Å². The minimum atomic E-state index is 0.203. The minimum Gasteiger partial charge on any atom is -0.295 e. The normalized spacial score (nSPS) is 31.3. The van der Waals surface area contributed by atoms with Gasteiger partial charge in [0.2, 0.25) is 0 Å². The quantitative estimate of drug-likeness (QED) is 0.546. The first-order chi connectivity index (χ1) is 14.2. The van der Waals surface area contributed by atoms with E-state index in [0.717, 1.165) is 0 Å². The molecule has 190 valence electrons. The molecule has 2 aliphatic rings. The summed E-state index contributed by atoms with van der Waals surface area (Å²) < 4.78 is 0. The van der Waals surface area contributed by atoms with E-state index in [2.05, 4.69) is 117 Å². The Labute approximate surface area is 202 Å². The predicted molar refractivity (Wildman–Crippen MR) is 142 cm³/mol. The van der Waals surface area contributed by atoms with Crippen molar-refractivity contribution in [1.82, 2.24) is 19.6 Å². The molecule has 0 aromatic carbocycles. The van der Waals surface area contributed by atoms with Crippen LogP contribution in [-0.4, -0.2) is 92.1 Å². The van der Waals surface area contributed by atoms with Crippen LogP contribution in [0, 0.1) is 0 Å². The molecule has 2 saturated heterocycles. The van der Waals surface area contributed by atoms with Crippen molar-refractivity contribution in [2.24, 2.45) is 0 Å². The lowest BCUT2D eigenvalue weighted by Gasteiger charge is -2.57. The summed E-state index contributed by atoms with van der Waals surface area (Å²) in [5, 5.41) is 0. The largest absolute Gasteiger partial charge is 0.295 e. The Morgan fingerprint density at radius 2 is 0.750 bits per heavy atom. The van der Waals surface area contributed by atoms with Gasteiger partial charge in [-0.25, -0.2) is 0 Å². The maximum Gasteiger partial charge on any atom is 0.0232 e. The lowest BCUT2D eigenvalue weighted by molar-refractivity contribution is -0.0771. The molecule has 4 heteroatoms. The van der Waals surface area contributed by atoms with E-state index in [0.29, 0.717) is 24.2 Å². The molecule has 0 aromatic rings. The number of nitrogens with zero attached hydrogens (tertiary/aromatic N) is 4. The van der Waals surface area contributed by atoms with Crippen LogP contribution >= 0.6 is 0 Å². The highest BCUT2D eigenvalue weighted by Crippen LogP contribution is 2.35. The second kappa shape index (κ2) is 9.47. The van der Waals surface area contributed by atoms with Crippen molar-refractivity contribution in [2.45, 2.75) is 156 Å². The molecular formula is C28H58N4. The van der Waals surface area contributed by atoms with Crippen molar-refractivity contribution in [3.8, 4) is 0 Å². The first-order valence-corrected chi connectivity index (χ1v) is 13.3. The van der Waals surface area contributed by atoms with Crippen LogP contribution < -0.4 is 0 Å². The zero-order chi connectivity index (χ0) is 24.9. The molecule has 0 amide bonds. The van der Waals surface area contributed by atoms with Crippen molar-refractivity contribution in [3.63, 3.8) is 0 Å². The van der Waals surface area contributed by atoms with Crippen molar-refractivity contribution in [3.05, 3.63) is 0 Å². The van der Waals surface area contributed by atoms with Gasteiger partial charge in [0.05, 0.1) is 0 Å². The Morgan fingerprint density at radius 3 is 0.969 bits per heavy atom. The Kier molecular flexibility index (Phi) is 8.31. The zero-order valence-electron chi connectivity index (χ0n) is 24.3. The van der Waals surface area contributed by atoms with E-state index in [9.17, 15) is 0 Å². The van der Waals surface area contributed by atoms with Crippen LogP contribution in [0.25, 0.3) is 0 Å². The molecule has 0 aliphatic carbocycles. The smallest absolute Gasteiger partial charge is 0.0232 e. The van der Waals surface area contributed by atoms with Crippen LogP contribution in [-0.2, 0) is 0 Å². The van der Waals surface area contributed by atoms with Crippen LogP contribution in [0.1, 0.15) is 110 Å². The fourth-order valence-corrected chi connectivity index (χ4v) is 6.73. The van der Waals surface area contributed by atoms with Gasteiger partial charge in [-0.1, -0.05) is 0 Å². The van der Waals surface area contributed by atoms with Gasteiger partial charge < -0.3 is 0 Å². The molecule has 0 radical (unpaired) electrons. The summed E-state index contributed by atoms with van der Waals surface area (Å²) in [6.45, 7) is 38.4. The maximum absolute atomic E-state index is 2.84. The Hall–Kier alpha value is -0.160. The second-order valence-electron chi connectivity index (χ2n) is 14.9. The lowest BCUT2D eigenvalue weighted by atomic mass is 9.87. The number of hydrogen-bond donors (Lipinski definition) is 0. The second-order valence-corrected chi connectivity index (χ2v) is 14.9. The summed E-state index contributed by atoms with van der Waals surface area (Å²) in [6.07, 6.45) is 2.55. The Bertz CT molecular complexity index is 547. The van der Waals surface area contributed by atoms with Gasteiger partial charge in [0, 0.05) is 72.5 Å². The van der Waals surface area contributed by atoms with Crippen LogP contribution in [0.2, 0.25) is 0 Å². The third-order valence-corrected chi connectivity index (χ3v) is 7.85. The van der Waals surface area contributed by atoms with E-state index in [1.165, 1.54) is 39.0 Å². The molecule has 4 atom stereocenters. The molecule has 2 rings (SSSR count). The van der Waals surface area contributed by atoms with Crippen LogP contribution in [0.4, 0.5) is 0 Å². The zero-order valence-corrected chi connectivity index (χ0v) is 24.3. The van der Waals surface area contributed by atoms with E-state index < -0.39 is 0 Å². The van der Waals surface area contributed by atoms with Crippen molar-refractivity contribution in [2.75, 3.05) is 26.2 Å². The first-order valence-electron chi connectivity index (χ1n) is 13.3. The van der Waals surface area contributed by atoms with Gasteiger partial charge in [0.1, 0.15) is 0 Å². The summed E-state index contributed by atoms with van der Waals surface area (Å²) in [7, 11) is 0. The van der Waals surface area contributed by atoms with Gasteiger partial charge in [-0.2, -0.15) is 0 Å². The molecule has 32 heavy (non-hydrogen) atoms. The number of hydrogen-bond acceptors (Lipinski definition) is 4. The predicted octanol–water partition coefficient (Wildman–Crippen LogP) is 5.71. The molecule has 2 heterocycles. The molecule has 2 aliphatic heterocycles. The standard InChI is InChI=1S/C28H58N4/c1-21-17-29(25(3,4)5)19-23(31(21)27(9,10)11)15-16-24-20-30(26(6,7)8)18-22(2)32(24)28(12,13)14/h21-24H,15-20H2,1-14H3/t21-,22+,23-,24-/m0/s1. The van der Waals surface area contributed by atoms with E-state index in [-0.39, 0.29) is 22.2 Å². The molecule has 4 nitrogen and oxygen atoms in total. The minimum absolute atomic E-state index is 0.203. The molecule has 0 bridgehead atoms. The lowest BCUT2D eigenvalue weighted by Crippen LogP contribution is -2.67. The summed E-state index contributed by atoms with van der Waals surface area (Å²) in [6, 6.07) is 2.39. The monoisotopic (exact) mass is 450 g/mol. The summed E-state index contributed by atoms with van der Waals surface area (Å²) in [5.74, 6) is 0. The molecule has 0 N–H and O–H groups in total. The van der Waals surface area contributed by atoms with Gasteiger partial charge in [-0.3, -0.25) is 19.6 Å². The van der Waals surface area contributed by atoms with Crippen molar-refractivity contribution < 1.29 is 0 Å². The van der Waals surface area contributed by atoms with Gasteiger partial charge in [0.25, 0.3) is 0 Å². The fourth-order valence-electron chi connectivity index (χ4n) is 6.73. The fraction of sp³-hybridized carbons (Fsp3) is 1.00. The van der Waals surface area contributed by atoms with Crippen molar-refractivity contribution in [1.29, 1.82) is 0 Å². The average Bonchev–Trinajstić information content (AvgIpc) is 2.54. The molecule has 2 fully saturated rings. The summed E-state index contributed by atoms with van der Waals surface area (Å²) in [5.41, 5.74) is 0.872. The van der Waals surface area contributed by atoms with E-state index in [1.54, 1.807) is 0 Å². The molecular weight excluding hydrogens is 392 g/mol. The van der Waals surface area contributed by atoms with E-state index in [4.69, 9.17) is 0 Å². The highest BCUT2D eigenvalue weighted by atomic mass is 15.4. The van der Waals surface area contributed by atoms with E-state index in [1.807, 2.05) is 0 Å². The maximum atomic E-state index is 2.84. The Balaban J connectivity index is 2.27. The first kappa shape index (κ1) is 28.1. The molecule has 0 spiro atoms. The van der Waals surface area contributed by atoms with Crippen LogP contribution in [0.15, 0.2) is 0 Å². The molecule has 0 unspecified atom stereocenters. The molecule has 0 saturated carbocycles. The number of rotatable bonds is 3. The van der Waals surface area contributed by atoms with Crippen molar-refractivity contribution >= 4 is 0 Å². The SMILES string of the molecule is C[C@@H]1CN(C(C)(C)C)C[C@H](CC[C@H]2CN(C(C)(C)C)C[C@H](C)N2C(C)(C)C)N1C(C)(C)C. The highest BCUT2D eigenvalue weighted by Gasteiger charge is 2.44. The summed E-state index contributed by atoms with van der Waals surface area (Å²) in [4.78, 5) is 11.1. The molecule has 0 aromatic heterocycles. The summed E-state index contributed by atoms with van der Waals surface area (Å²) >= 11 is 0. The number of piperazine rings is 2. The third-order valence-electron chi connectivity index (χ3n) is 7.85. The van der Waals surface area contributed by atoms with E-state index >= 15 is 0 Å². The topological polar surface area (TPSA) is 13.0 Å². The Morgan fingerprint density at radius 1 is 0.469 bits per heavy atom. The van der Waals surface area contributed by atoms with Gasteiger partial charge >= 0.3 is 0 Å². The van der Waals surface area contributed by atoms with Crippen LogP contribution in [0.5, 0.6) is 0 Å². The highest BCUT2D eigenvalue weighted by molar-refractivity contribution is 5.00. The third kappa shape index (κ3) is 6.71.